The van der Waals surface area contributed by atoms with Gasteiger partial charge in [-0.1, -0.05) is 36.8 Å². The molecule has 0 saturated heterocycles. The van der Waals surface area contributed by atoms with Gasteiger partial charge in [-0.2, -0.15) is 11.8 Å². The quantitative estimate of drug-likeness (QED) is 0.457. The molecule has 2 unspecified atom stereocenters. The van der Waals surface area contributed by atoms with E-state index in [0.29, 0.717) is 19.3 Å². The summed E-state index contributed by atoms with van der Waals surface area (Å²) in [6.45, 7) is 2.10. The molecule has 2 atom stereocenters. The smallest absolute Gasteiger partial charge is 0.191 e. The highest BCUT2D eigenvalue weighted by atomic mass is 32.2. The van der Waals surface area contributed by atoms with Crippen LogP contribution in [0.5, 0.6) is 0 Å². The van der Waals surface area contributed by atoms with Crippen molar-refractivity contribution in [3.05, 3.63) is 35.9 Å². The minimum absolute atomic E-state index is 0.539. The van der Waals surface area contributed by atoms with Crippen LogP contribution in [0.3, 0.4) is 0 Å². The van der Waals surface area contributed by atoms with E-state index in [0.717, 1.165) is 17.8 Å². The molecule has 0 bridgehead atoms. The number of nitrogens with zero attached hydrogens (tertiary/aromatic N) is 1. The molecule has 1 aliphatic rings. The molecular weight excluding hydrogens is 306 g/mol. The second kappa shape index (κ2) is 10.6. The lowest BCUT2D eigenvalue weighted by Crippen LogP contribution is -2.46. The Labute approximate surface area is 144 Å². The third-order valence-electron chi connectivity index (χ3n) is 4.17. The van der Waals surface area contributed by atoms with Crippen molar-refractivity contribution in [3.63, 3.8) is 0 Å². The van der Waals surface area contributed by atoms with E-state index in [-0.39, 0.29) is 0 Å². The van der Waals surface area contributed by atoms with Crippen LogP contribution in [-0.4, -0.2) is 43.7 Å². The zero-order valence-corrected chi connectivity index (χ0v) is 15.1. The van der Waals surface area contributed by atoms with Crippen molar-refractivity contribution in [2.75, 3.05) is 26.5 Å². The molecule has 0 radical (unpaired) electrons. The Morgan fingerprint density at radius 2 is 2.13 bits per heavy atom. The number of hydrogen-bond donors (Lipinski definition) is 2. The summed E-state index contributed by atoms with van der Waals surface area (Å²) < 4.78 is 5.69. The largest absolute Gasteiger partial charge is 0.375 e. The van der Waals surface area contributed by atoms with Crippen LogP contribution in [0.2, 0.25) is 0 Å². The van der Waals surface area contributed by atoms with E-state index in [9.17, 15) is 0 Å². The second-order valence-electron chi connectivity index (χ2n) is 5.90. The molecule has 0 aliphatic heterocycles. The van der Waals surface area contributed by atoms with E-state index in [4.69, 9.17) is 4.74 Å². The number of nitrogens with one attached hydrogen (secondary N) is 2. The van der Waals surface area contributed by atoms with Gasteiger partial charge in [-0.25, -0.2) is 0 Å². The van der Waals surface area contributed by atoms with E-state index in [1.165, 1.54) is 31.2 Å². The number of thioether (sulfide) groups is 1. The number of hydrogen-bond acceptors (Lipinski definition) is 3. The van der Waals surface area contributed by atoms with E-state index < -0.39 is 0 Å². The summed E-state index contributed by atoms with van der Waals surface area (Å²) in [6, 6.07) is 10.8. The normalized spacial score (nSPS) is 21.9. The molecule has 0 spiro atoms. The van der Waals surface area contributed by atoms with Gasteiger partial charge in [0, 0.05) is 24.9 Å². The summed E-state index contributed by atoms with van der Waals surface area (Å²) in [6.07, 6.45) is 7.33. The zero-order chi connectivity index (χ0) is 16.3. The van der Waals surface area contributed by atoms with Gasteiger partial charge in [0.15, 0.2) is 5.96 Å². The maximum Gasteiger partial charge on any atom is 0.191 e. The molecule has 2 rings (SSSR count). The van der Waals surface area contributed by atoms with Gasteiger partial charge in [0.1, 0.15) is 0 Å². The number of guanidine groups is 1. The molecule has 128 valence electrons. The Morgan fingerprint density at radius 1 is 1.30 bits per heavy atom. The summed E-state index contributed by atoms with van der Waals surface area (Å²) in [5.74, 6) is 0.889. The Morgan fingerprint density at radius 3 is 2.87 bits per heavy atom. The standard InChI is InChI=1S/C18H29N3OS/c1-19-18(21-16-9-6-10-17(13-16)23-2)20-11-12-22-14-15-7-4-3-5-8-15/h3-5,7-8,16-17H,6,9-14H2,1-2H3,(H2,19,20,21). The highest BCUT2D eigenvalue weighted by molar-refractivity contribution is 7.99. The third kappa shape index (κ3) is 6.83. The average Bonchev–Trinajstić information content (AvgIpc) is 2.61. The van der Waals surface area contributed by atoms with E-state index in [1.807, 2.05) is 37.0 Å². The van der Waals surface area contributed by atoms with Crippen LogP contribution in [0.25, 0.3) is 0 Å². The van der Waals surface area contributed by atoms with Crippen molar-refractivity contribution < 1.29 is 4.74 Å². The molecule has 1 aliphatic carbocycles. The maximum atomic E-state index is 5.69. The Hall–Kier alpha value is -1.20. The van der Waals surface area contributed by atoms with Gasteiger partial charge in [-0.05, 0) is 31.1 Å². The first-order valence-electron chi connectivity index (χ1n) is 8.43. The van der Waals surface area contributed by atoms with Crippen molar-refractivity contribution in [3.8, 4) is 0 Å². The van der Waals surface area contributed by atoms with Crippen LogP contribution < -0.4 is 10.6 Å². The summed E-state index contributed by atoms with van der Waals surface area (Å²) in [5, 5.41) is 7.68. The lowest BCUT2D eigenvalue weighted by Gasteiger charge is -2.29. The topological polar surface area (TPSA) is 45.7 Å². The summed E-state index contributed by atoms with van der Waals surface area (Å²) in [5.41, 5.74) is 1.21. The maximum absolute atomic E-state index is 5.69. The van der Waals surface area contributed by atoms with Crippen LogP contribution in [-0.2, 0) is 11.3 Å². The number of benzene rings is 1. The minimum atomic E-state index is 0.539. The van der Waals surface area contributed by atoms with E-state index in [1.54, 1.807) is 0 Å². The first kappa shape index (κ1) is 18.1. The van der Waals surface area contributed by atoms with Gasteiger partial charge in [-0.15, -0.1) is 0 Å². The summed E-state index contributed by atoms with van der Waals surface area (Å²) >= 11 is 1.99. The van der Waals surface area contributed by atoms with Crippen LogP contribution in [0.4, 0.5) is 0 Å². The molecule has 0 heterocycles. The monoisotopic (exact) mass is 335 g/mol. The fourth-order valence-electron chi connectivity index (χ4n) is 2.88. The van der Waals surface area contributed by atoms with Gasteiger partial charge in [0.05, 0.1) is 13.2 Å². The lowest BCUT2D eigenvalue weighted by atomic mass is 9.95. The number of ether oxygens (including phenoxy) is 1. The summed E-state index contributed by atoms with van der Waals surface area (Å²) in [7, 11) is 1.83. The molecule has 1 aromatic rings. The zero-order valence-electron chi connectivity index (χ0n) is 14.3. The van der Waals surface area contributed by atoms with Gasteiger partial charge in [-0.3, -0.25) is 4.99 Å². The highest BCUT2D eigenvalue weighted by Crippen LogP contribution is 2.26. The Balaban J connectivity index is 1.61. The number of aliphatic imine (C=N–C) groups is 1. The number of rotatable bonds is 7. The van der Waals surface area contributed by atoms with Crippen LogP contribution in [0.15, 0.2) is 35.3 Å². The molecule has 5 heteroatoms. The molecule has 0 aromatic heterocycles. The minimum Gasteiger partial charge on any atom is -0.375 e. The van der Waals surface area contributed by atoms with E-state index in [2.05, 4.69) is 34.0 Å². The molecular formula is C18H29N3OS. The van der Waals surface area contributed by atoms with Crippen LogP contribution in [0, 0.1) is 0 Å². The van der Waals surface area contributed by atoms with Gasteiger partial charge >= 0.3 is 0 Å². The Kier molecular flexibility index (Phi) is 8.32. The van der Waals surface area contributed by atoms with Crippen molar-refractivity contribution in [1.82, 2.24) is 10.6 Å². The van der Waals surface area contributed by atoms with Crippen molar-refractivity contribution in [2.45, 2.75) is 43.6 Å². The molecule has 1 fully saturated rings. The first-order chi connectivity index (χ1) is 11.3. The van der Waals surface area contributed by atoms with Crippen LogP contribution in [0.1, 0.15) is 31.2 Å². The SMILES string of the molecule is CN=C(NCCOCc1ccccc1)NC1CCCC(SC)C1. The van der Waals surface area contributed by atoms with E-state index >= 15 is 0 Å². The molecule has 2 N–H and O–H groups in total. The molecule has 23 heavy (non-hydrogen) atoms. The average molecular weight is 336 g/mol. The molecule has 1 saturated carbocycles. The first-order valence-corrected chi connectivity index (χ1v) is 9.72. The van der Waals surface area contributed by atoms with Crippen LogP contribution >= 0.6 is 11.8 Å². The van der Waals surface area contributed by atoms with Gasteiger partial charge < -0.3 is 15.4 Å². The fraction of sp³-hybridized carbons (Fsp3) is 0.611. The molecule has 0 amide bonds. The molecule has 4 nitrogen and oxygen atoms in total. The van der Waals surface area contributed by atoms with Crippen molar-refractivity contribution >= 4 is 17.7 Å². The fourth-order valence-corrected chi connectivity index (χ4v) is 3.71. The lowest BCUT2D eigenvalue weighted by molar-refractivity contribution is 0.125. The third-order valence-corrected chi connectivity index (χ3v) is 5.27. The van der Waals surface area contributed by atoms with Gasteiger partial charge in [0.2, 0.25) is 0 Å². The second-order valence-corrected chi connectivity index (χ2v) is 7.04. The van der Waals surface area contributed by atoms with Crippen molar-refractivity contribution in [2.24, 2.45) is 4.99 Å². The highest BCUT2D eigenvalue weighted by Gasteiger charge is 2.21. The predicted molar refractivity (Wildman–Crippen MR) is 100 cm³/mol. The predicted octanol–water partition coefficient (Wildman–Crippen LogP) is 3.04. The Bertz CT molecular complexity index is 467. The summed E-state index contributed by atoms with van der Waals surface area (Å²) in [4.78, 5) is 4.32. The van der Waals surface area contributed by atoms with Crippen molar-refractivity contribution in [1.29, 1.82) is 0 Å². The molecule has 1 aromatic carbocycles. The van der Waals surface area contributed by atoms with Gasteiger partial charge in [0.25, 0.3) is 0 Å².